The first-order valence-corrected chi connectivity index (χ1v) is 6.52. The van der Waals surface area contributed by atoms with E-state index in [-0.39, 0.29) is 0 Å². The van der Waals surface area contributed by atoms with E-state index in [9.17, 15) is 8.78 Å². The van der Waals surface area contributed by atoms with Gasteiger partial charge in [0.1, 0.15) is 6.61 Å². The van der Waals surface area contributed by atoms with Crippen molar-refractivity contribution in [1.82, 2.24) is 5.32 Å². The van der Waals surface area contributed by atoms with Gasteiger partial charge in [0, 0.05) is 23.7 Å². The Hall–Kier alpha value is -0.650. The van der Waals surface area contributed by atoms with Gasteiger partial charge in [-0.1, -0.05) is 18.2 Å². The van der Waals surface area contributed by atoms with Crippen molar-refractivity contribution in [3.05, 3.63) is 30.3 Å². The monoisotopic (exact) mass is 261 g/mol. The minimum atomic E-state index is -2.37. The molecule has 0 bridgehead atoms. The van der Waals surface area contributed by atoms with Crippen molar-refractivity contribution < 1.29 is 13.5 Å². The Balaban J connectivity index is 1.88. The van der Waals surface area contributed by atoms with Crippen LogP contribution in [0.3, 0.4) is 0 Å². The highest BCUT2D eigenvalue weighted by Gasteiger charge is 2.00. The van der Waals surface area contributed by atoms with E-state index in [1.54, 1.807) is 11.8 Å². The summed E-state index contributed by atoms with van der Waals surface area (Å²) >= 11 is 1.77. The second kappa shape index (κ2) is 9.39. The normalized spacial score (nSPS) is 11.0. The quantitative estimate of drug-likeness (QED) is 0.545. The number of rotatable bonds is 9. The molecule has 0 atom stereocenters. The number of hydrogen-bond donors (Lipinski definition) is 1. The highest BCUT2D eigenvalue weighted by atomic mass is 32.2. The first kappa shape index (κ1) is 14.4. The van der Waals surface area contributed by atoms with Crippen molar-refractivity contribution >= 4 is 11.8 Å². The number of thioether (sulfide) groups is 1. The number of halogens is 2. The molecule has 0 aliphatic carbocycles. The third-order valence-corrected chi connectivity index (χ3v) is 2.97. The van der Waals surface area contributed by atoms with Crippen LogP contribution < -0.4 is 5.32 Å². The maximum absolute atomic E-state index is 11.7. The molecule has 0 amide bonds. The van der Waals surface area contributed by atoms with Crippen LogP contribution in [-0.4, -0.2) is 38.5 Å². The summed E-state index contributed by atoms with van der Waals surface area (Å²) in [6.45, 7) is 1.32. The van der Waals surface area contributed by atoms with E-state index in [0.717, 1.165) is 12.3 Å². The standard InChI is InChI=1S/C12H17F2NOS/c13-12(14)10-16-8-6-15-7-9-17-11-4-2-1-3-5-11/h1-5,12,15H,6-10H2. The van der Waals surface area contributed by atoms with Crippen LogP contribution in [0.1, 0.15) is 0 Å². The fourth-order valence-corrected chi connectivity index (χ4v) is 2.03. The Labute approximate surface area is 105 Å². The number of nitrogens with one attached hydrogen (secondary N) is 1. The molecule has 0 unspecified atom stereocenters. The molecule has 96 valence electrons. The molecule has 0 fully saturated rings. The average Bonchev–Trinajstić information content (AvgIpc) is 2.33. The van der Waals surface area contributed by atoms with Crippen molar-refractivity contribution in [2.75, 3.05) is 32.1 Å². The molecule has 1 N–H and O–H groups in total. The van der Waals surface area contributed by atoms with Gasteiger partial charge in [0.05, 0.1) is 6.61 Å². The summed E-state index contributed by atoms with van der Waals surface area (Å²) in [4.78, 5) is 1.24. The van der Waals surface area contributed by atoms with Gasteiger partial charge in [-0.2, -0.15) is 0 Å². The van der Waals surface area contributed by atoms with Gasteiger partial charge in [0.2, 0.25) is 0 Å². The highest BCUT2D eigenvalue weighted by molar-refractivity contribution is 7.99. The molecule has 17 heavy (non-hydrogen) atoms. The molecule has 2 nitrogen and oxygen atoms in total. The van der Waals surface area contributed by atoms with Crippen LogP contribution in [0, 0.1) is 0 Å². The molecule has 0 saturated carbocycles. The molecule has 5 heteroatoms. The summed E-state index contributed by atoms with van der Waals surface area (Å²) in [5.41, 5.74) is 0. The molecular weight excluding hydrogens is 244 g/mol. The first-order chi connectivity index (χ1) is 8.29. The molecule has 0 radical (unpaired) electrons. The molecule has 0 aliphatic heterocycles. The van der Waals surface area contributed by atoms with Crippen LogP contribution in [-0.2, 0) is 4.74 Å². The molecule has 0 aromatic heterocycles. The van der Waals surface area contributed by atoms with Gasteiger partial charge in [-0.3, -0.25) is 0 Å². The first-order valence-electron chi connectivity index (χ1n) is 5.53. The summed E-state index contributed by atoms with van der Waals surface area (Å²) in [5, 5.41) is 3.14. The average molecular weight is 261 g/mol. The predicted molar refractivity (Wildman–Crippen MR) is 66.9 cm³/mol. The predicted octanol–water partition coefficient (Wildman–Crippen LogP) is 2.65. The molecule has 0 spiro atoms. The van der Waals surface area contributed by atoms with E-state index in [2.05, 4.69) is 17.4 Å². The van der Waals surface area contributed by atoms with E-state index in [4.69, 9.17) is 4.74 Å². The summed E-state index contributed by atoms with van der Waals surface area (Å²) in [6, 6.07) is 10.1. The van der Waals surface area contributed by atoms with Crippen molar-refractivity contribution in [2.45, 2.75) is 11.3 Å². The smallest absolute Gasteiger partial charge is 0.261 e. The Kier molecular flexibility index (Phi) is 7.96. The second-order valence-corrected chi connectivity index (χ2v) is 4.55. The summed E-state index contributed by atoms with van der Waals surface area (Å²) in [6.07, 6.45) is -2.37. The zero-order valence-corrected chi connectivity index (χ0v) is 10.4. The summed E-state index contributed by atoms with van der Waals surface area (Å²) in [7, 11) is 0. The Bertz CT molecular complexity index is 285. The Morgan fingerprint density at radius 3 is 2.65 bits per heavy atom. The van der Waals surface area contributed by atoms with E-state index in [1.165, 1.54) is 4.90 Å². The van der Waals surface area contributed by atoms with Crippen LogP contribution in [0.5, 0.6) is 0 Å². The molecule has 1 aromatic rings. The topological polar surface area (TPSA) is 21.3 Å². The van der Waals surface area contributed by atoms with Crippen molar-refractivity contribution in [2.24, 2.45) is 0 Å². The maximum Gasteiger partial charge on any atom is 0.261 e. The molecule has 0 aliphatic rings. The van der Waals surface area contributed by atoms with Crippen LogP contribution in [0.4, 0.5) is 8.78 Å². The number of benzene rings is 1. The van der Waals surface area contributed by atoms with Crippen LogP contribution >= 0.6 is 11.8 Å². The van der Waals surface area contributed by atoms with Gasteiger partial charge in [-0.15, -0.1) is 11.8 Å². The van der Waals surface area contributed by atoms with Gasteiger partial charge in [-0.05, 0) is 12.1 Å². The molecule has 1 rings (SSSR count). The molecule has 0 saturated heterocycles. The van der Waals surface area contributed by atoms with Crippen molar-refractivity contribution in [1.29, 1.82) is 0 Å². The fourth-order valence-electron chi connectivity index (χ4n) is 1.20. The van der Waals surface area contributed by atoms with E-state index in [0.29, 0.717) is 13.2 Å². The molecular formula is C12H17F2NOS. The van der Waals surface area contributed by atoms with Crippen LogP contribution in [0.2, 0.25) is 0 Å². The lowest BCUT2D eigenvalue weighted by atomic mass is 10.4. The van der Waals surface area contributed by atoms with Gasteiger partial charge in [0.15, 0.2) is 0 Å². The van der Waals surface area contributed by atoms with Gasteiger partial charge in [-0.25, -0.2) is 8.78 Å². The molecule has 0 heterocycles. The van der Waals surface area contributed by atoms with Crippen LogP contribution in [0.25, 0.3) is 0 Å². The van der Waals surface area contributed by atoms with Crippen molar-refractivity contribution in [3.63, 3.8) is 0 Å². The third kappa shape index (κ3) is 8.12. The lowest BCUT2D eigenvalue weighted by Crippen LogP contribution is -2.23. The maximum atomic E-state index is 11.7. The number of alkyl halides is 2. The summed E-state index contributed by atoms with van der Waals surface area (Å²) in [5.74, 6) is 0.957. The second-order valence-electron chi connectivity index (χ2n) is 3.38. The van der Waals surface area contributed by atoms with Gasteiger partial charge in [0.25, 0.3) is 6.43 Å². The lowest BCUT2D eigenvalue weighted by molar-refractivity contribution is 0.0189. The fraction of sp³-hybridized carbons (Fsp3) is 0.500. The molecule has 1 aromatic carbocycles. The number of ether oxygens (including phenoxy) is 1. The lowest BCUT2D eigenvalue weighted by Gasteiger charge is -2.05. The highest BCUT2D eigenvalue weighted by Crippen LogP contribution is 2.15. The largest absolute Gasteiger partial charge is 0.374 e. The third-order valence-electron chi connectivity index (χ3n) is 1.96. The van der Waals surface area contributed by atoms with E-state index >= 15 is 0 Å². The Morgan fingerprint density at radius 1 is 1.18 bits per heavy atom. The van der Waals surface area contributed by atoms with Crippen LogP contribution in [0.15, 0.2) is 35.2 Å². The number of hydrogen-bond acceptors (Lipinski definition) is 3. The van der Waals surface area contributed by atoms with Crippen molar-refractivity contribution in [3.8, 4) is 0 Å². The van der Waals surface area contributed by atoms with Gasteiger partial charge >= 0.3 is 0 Å². The SMILES string of the molecule is FC(F)COCCNCCSc1ccccc1. The zero-order valence-electron chi connectivity index (χ0n) is 9.57. The van der Waals surface area contributed by atoms with E-state index < -0.39 is 13.0 Å². The van der Waals surface area contributed by atoms with Gasteiger partial charge < -0.3 is 10.1 Å². The summed E-state index contributed by atoms with van der Waals surface area (Å²) < 4.78 is 28.1. The van der Waals surface area contributed by atoms with E-state index in [1.807, 2.05) is 18.2 Å². The Morgan fingerprint density at radius 2 is 1.94 bits per heavy atom. The minimum Gasteiger partial charge on any atom is -0.374 e. The minimum absolute atomic E-state index is 0.334. The zero-order chi connectivity index (χ0) is 12.3.